The highest BCUT2D eigenvalue weighted by Crippen LogP contribution is 2.29. The van der Waals surface area contributed by atoms with Gasteiger partial charge in [0.15, 0.2) is 5.96 Å². The predicted octanol–water partition coefficient (Wildman–Crippen LogP) is 3.55. The fourth-order valence-corrected chi connectivity index (χ4v) is 2.62. The Morgan fingerprint density at radius 2 is 2.04 bits per heavy atom. The Labute approximate surface area is 140 Å². The van der Waals surface area contributed by atoms with Gasteiger partial charge in [0, 0.05) is 18.2 Å². The van der Waals surface area contributed by atoms with E-state index in [0.29, 0.717) is 17.6 Å². The monoisotopic (exact) mass is 337 g/mol. The van der Waals surface area contributed by atoms with Crippen molar-refractivity contribution in [3.8, 4) is 11.8 Å². The SMILES string of the molecule is CCNC(=NCC#Cc1cccc(C(F)(F)F)c1)NC1CCCC1. The molecular weight excluding hydrogens is 315 g/mol. The Morgan fingerprint density at radius 3 is 2.71 bits per heavy atom. The van der Waals surface area contributed by atoms with Crippen LogP contribution in [-0.4, -0.2) is 25.1 Å². The summed E-state index contributed by atoms with van der Waals surface area (Å²) in [7, 11) is 0. The van der Waals surface area contributed by atoms with E-state index in [-0.39, 0.29) is 6.54 Å². The van der Waals surface area contributed by atoms with E-state index in [9.17, 15) is 13.2 Å². The van der Waals surface area contributed by atoms with Crippen LogP contribution in [0.1, 0.15) is 43.7 Å². The van der Waals surface area contributed by atoms with Crippen molar-refractivity contribution in [1.82, 2.24) is 10.6 Å². The van der Waals surface area contributed by atoms with Gasteiger partial charge in [-0.1, -0.05) is 30.7 Å². The lowest BCUT2D eigenvalue weighted by Gasteiger charge is -2.16. The summed E-state index contributed by atoms with van der Waals surface area (Å²) in [5, 5.41) is 6.53. The minimum Gasteiger partial charge on any atom is -0.357 e. The van der Waals surface area contributed by atoms with Crippen molar-refractivity contribution < 1.29 is 13.2 Å². The van der Waals surface area contributed by atoms with Crippen LogP contribution in [0.5, 0.6) is 0 Å². The summed E-state index contributed by atoms with van der Waals surface area (Å²) in [5.41, 5.74) is -0.345. The van der Waals surface area contributed by atoms with Gasteiger partial charge in [-0.15, -0.1) is 0 Å². The van der Waals surface area contributed by atoms with Crippen LogP contribution in [-0.2, 0) is 6.18 Å². The molecule has 0 atom stereocenters. The maximum atomic E-state index is 12.7. The molecule has 3 nitrogen and oxygen atoms in total. The molecule has 1 fully saturated rings. The normalized spacial score (nSPS) is 15.8. The molecule has 0 radical (unpaired) electrons. The van der Waals surface area contributed by atoms with E-state index in [4.69, 9.17) is 0 Å². The van der Waals surface area contributed by atoms with Gasteiger partial charge in [-0.25, -0.2) is 4.99 Å². The molecule has 0 aliphatic heterocycles. The number of benzene rings is 1. The van der Waals surface area contributed by atoms with E-state index >= 15 is 0 Å². The molecule has 2 N–H and O–H groups in total. The summed E-state index contributed by atoms with van der Waals surface area (Å²) in [5.74, 6) is 6.26. The fourth-order valence-electron chi connectivity index (χ4n) is 2.62. The second-order valence-electron chi connectivity index (χ2n) is 5.70. The standard InChI is InChI=1S/C18H22F3N3/c1-2-22-17(24-16-10-3-4-11-16)23-12-6-8-14-7-5-9-15(13-14)18(19,20)21/h5,7,9,13,16H,2-4,10-12H2,1H3,(H2,22,23,24). The Balaban J connectivity index is 1.97. The van der Waals surface area contributed by atoms with Gasteiger partial charge in [-0.3, -0.25) is 0 Å². The Kier molecular flexibility index (Phi) is 6.53. The zero-order valence-corrected chi connectivity index (χ0v) is 13.7. The molecule has 0 unspecified atom stereocenters. The highest BCUT2D eigenvalue weighted by Gasteiger charge is 2.30. The van der Waals surface area contributed by atoms with Crippen molar-refractivity contribution in [2.45, 2.75) is 44.8 Å². The largest absolute Gasteiger partial charge is 0.416 e. The van der Waals surface area contributed by atoms with Gasteiger partial charge in [0.25, 0.3) is 0 Å². The van der Waals surface area contributed by atoms with Crippen LogP contribution in [0.3, 0.4) is 0 Å². The van der Waals surface area contributed by atoms with Gasteiger partial charge in [0.2, 0.25) is 0 Å². The molecule has 0 heterocycles. The van der Waals surface area contributed by atoms with Crippen LogP contribution in [0.25, 0.3) is 0 Å². The number of aliphatic imine (C=N–C) groups is 1. The molecule has 24 heavy (non-hydrogen) atoms. The molecule has 130 valence electrons. The molecule has 0 saturated heterocycles. The third-order valence-corrected chi connectivity index (χ3v) is 3.78. The second-order valence-corrected chi connectivity index (χ2v) is 5.70. The van der Waals surface area contributed by atoms with Gasteiger partial charge < -0.3 is 10.6 Å². The Morgan fingerprint density at radius 1 is 1.29 bits per heavy atom. The first-order chi connectivity index (χ1) is 11.5. The summed E-state index contributed by atoms with van der Waals surface area (Å²) in [6, 6.07) is 5.46. The summed E-state index contributed by atoms with van der Waals surface area (Å²) in [6.45, 7) is 2.97. The predicted molar refractivity (Wildman–Crippen MR) is 89.7 cm³/mol. The Hall–Kier alpha value is -2.16. The molecule has 6 heteroatoms. The zero-order chi connectivity index (χ0) is 17.4. The van der Waals surface area contributed by atoms with Crippen molar-refractivity contribution in [3.63, 3.8) is 0 Å². The number of nitrogens with one attached hydrogen (secondary N) is 2. The van der Waals surface area contributed by atoms with Crippen LogP contribution in [0.15, 0.2) is 29.3 Å². The average molecular weight is 337 g/mol. The lowest BCUT2D eigenvalue weighted by Crippen LogP contribution is -2.42. The fraction of sp³-hybridized carbons (Fsp3) is 0.500. The minimum absolute atomic E-state index is 0.234. The van der Waals surface area contributed by atoms with Crippen LogP contribution in [0.2, 0.25) is 0 Å². The number of alkyl halides is 3. The smallest absolute Gasteiger partial charge is 0.357 e. The highest BCUT2D eigenvalue weighted by molar-refractivity contribution is 5.80. The minimum atomic E-state index is -4.35. The quantitative estimate of drug-likeness (QED) is 0.503. The first kappa shape index (κ1) is 18.2. The van der Waals surface area contributed by atoms with E-state index in [1.54, 1.807) is 6.07 Å². The number of hydrogen-bond acceptors (Lipinski definition) is 1. The highest BCUT2D eigenvalue weighted by atomic mass is 19.4. The van der Waals surface area contributed by atoms with Gasteiger partial charge in [-0.2, -0.15) is 13.2 Å². The molecule has 0 aromatic heterocycles. The lowest BCUT2D eigenvalue weighted by molar-refractivity contribution is -0.137. The van der Waals surface area contributed by atoms with Crippen LogP contribution in [0, 0.1) is 11.8 Å². The molecule has 1 aromatic carbocycles. The summed E-state index contributed by atoms with van der Waals surface area (Å²) in [4.78, 5) is 4.36. The van der Waals surface area contributed by atoms with Gasteiger partial charge in [-0.05, 0) is 38.0 Å². The maximum Gasteiger partial charge on any atom is 0.416 e. The first-order valence-electron chi connectivity index (χ1n) is 8.20. The van der Waals surface area contributed by atoms with E-state index in [0.717, 1.165) is 31.5 Å². The van der Waals surface area contributed by atoms with Gasteiger partial charge in [0.1, 0.15) is 6.54 Å². The molecule has 0 bridgehead atoms. The lowest BCUT2D eigenvalue weighted by atomic mass is 10.1. The summed E-state index contributed by atoms with van der Waals surface area (Å²) in [6.07, 6.45) is 0.388. The van der Waals surface area contributed by atoms with Crippen LogP contribution >= 0.6 is 0 Å². The number of rotatable bonds is 3. The van der Waals surface area contributed by atoms with E-state index in [1.807, 2.05) is 6.92 Å². The number of nitrogens with zero attached hydrogens (tertiary/aromatic N) is 1. The van der Waals surface area contributed by atoms with Crippen molar-refractivity contribution >= 4 is 5.96 Å². The topological polar surface area (TPSA) is 36.4 Å². The van der Waals surface area contributed by atoms with Crippen molar-refractivity contribution in [3.05, 3.63) is 35.4 Å². The Bertz CT molecular complexity index is 620. The number of guanidine groups is 1. The summed E-state index contributed by atoms with van der Waals surface area (Å²) >= 11 is 0. The van der Waals surface area contributed by atoms with E-state index < -0.39 is 11.7 Å². The molecule has 1 aliphatic rings. The van der Waals surface area contributed by atoms with Crippen LogP contribution in [0.4, 0.5) is 13.2 Å². The number of halogens is 3. The van der Waals surface area contributed by atoms with Crippen molar-refractivity contribution in [2.24, 2.45) is 4.99 Å². The van der Waals surface area contributed by atoms with Crippen molar-refractivity contribution in [2.75, 3.05) is 13.1 Å². The third-order valence-electron chi connectivity index (χ3n) is 3.78. The van der Waals surface area contributed by atoms with Gasteiger partial charge in [0.05, 0.1) is 5.56 Å². The molecule has 1 aliphatic carbocycles. The molecule has 1 aromatic rings. The molecule has 0 amide bonds. The van der Waals surface area contributed by atoms with Crippen molar-refractivity contribution in [1.29, 1.82) is 0 Å². The van der Waals surface area contributed by atoms with Crippen LogP contribution < -0.4 is 10.6 Å². The summed E-state index contributed by atoms with van der Waals surface area (Å²) < 4.78 is 38.0. The molecule has 0 spiro atoms. The third kappa shape index (κ3) is 5.80. The maximum absolute atomic E-state index is 12.7. The zero-order valence-electron chi connectivity index (χ0n) is 13.7. The molecular formula is C18H22F3N3. The van der Waals surface area contributed by atoms with Gasteiger partial charge >= 0.3 is 6.18 Å². The average Bonchev–Trinajstić information content (AvgIpc) is 3.04. The van der Waals surface area contributed by atoms with E-state index in [1.165, 1.54) is 18.9 Å². The first-order valence-corrected chi connectivity index (χ1v) is 8.20. The number of hydrogen-bond donors (Lipinski definition) is 2. The van der Waals surface area contributed by atoms with E-state index in [2.05, 4.69) is 27.5 Å². The molecule has 2 rings (SSSR count). The second kappa shape index (κ2) is 8.62. The molecule has 1 saturated carbocycles.